The Bertz CT molecular complexity index is 248. The maximum Gasteiger partial charge on any atom is 0.273 e. The molecule has 2 aliphatic rings. The fourth-order valence-corrected chi connectivity index (χ4v) is 1.46. The van der Waals surface area contributed by atoms with Crippen molar-refractivity contribution in [2.45, 2.75) is 13.3 Å². The van der Waals surface area contributed by atoms with Crippen molar-refractivity contribution in [3.8, 4) is 0 Å². The molecule has 2 fully saturated rings. The average Bonchev–Trinajstić information content (AvgIpc) is 2.51. The first-order chi connectivity index (χ1) is 6.29. The fraction of sp³-hybridized carbons (Fsp3) is 0.667. The van der Waals surface area contributed by atoms with Crippen molar-refractivity contribution < 1.29 is 9.63 Å². The van der Waals surface area contributed by atoms with Gasteiger partial charge in [0.05, 0.1) is 13.2 Å². The molecule has 0 radical (unpaired) electrons. The first-order valence-corrected chi connectivity index (χ1v) is 4.63. The minimum atomic E-state index is 0.0361. The summed E-state index contributed by atoms with van der Waals surface area (Å²) < 4.78 is 0. The molecule has 2 heterocycles. The lowest BCUT2D eigenvalue weighted by Gasteiger charge is -2.23. The van der Waals surface area contributed by atoms with Gasteiger partial charge in [-0.25, -0.2) is 5.06 Å². The number of rotatable bonds is 1. The van der Waals surface area contributed by atoms with Gasteiger partial charge in [0, 0.05) is 18.7 Å². The third kappa shape index (κ3) is 1.59. The molecule has 1 amide bonds. The van der Waals surface area contributed by atoms with Crippen molar-refractivity contribution in [1.29, 1.82) is 0 Å². The van der Waals surface area contributed by atoms with Crippen LogP contribution in [0.5, 0.6) is 0 Å². The highest BCUT2D eigenvalue weighted by atomic mass is 16.7. The van der Waals surface area contributed by atoms with Crippen LogP contribution in [0.3, 0.4) is 0 Å². The summed E-state index contributed by atoms with van der Waals surface area (Å²) in [7, 11) is 0. The maximum atomic E-state index is 11.7. The first kappa shape index (κ1) is 8.72. The summed E-state index contributed by atoms with van der Waals surface area (Å²) in [5.74, 6) is 0.0361. The Hall–Kier alpha value is -0.870. The molecule has 4 heteroatoms. The highest BCUT2D eigenvalue weighted by Crippen LogP contribution is 2.14. The molecule has 2 saturated heterocycles. The Morgan fingerprint density at radius 3 is 2.77 bits per heavy atom. The number of carbonyl (C=O) groups excluding carboxylic acids is 1. The van der Waals surface area contributed by atoms with Crippen LogP contribution in [-0.4, -0.2) is 37.2 Å². The molecule has 0 bridgehead atoms. The summed E-state index contributed by atoms with van der Waals surface area (Å²) in [5.41, 5.74) is 2.06. The minimum absolute atomic E-state index is 0.0361. The van der Waals surface area contributed by atoms with E-state index in [2.05, 4.69) is 5.32 Å². The van der Waals surface area contributed by atoms with E-state index in [4.69, 9.17) is 4.84 Å². The molecule has 2 aliphatic heterocycles. The summed E-state index contributed by atoms with van der Waals surface area (Å²) >= 11 is 0. The number of hydrogen-bond acceptors (Lipinski definition) is 3. The van der Waals surface area contributed by atoms with Crippen LogP contribution in [0.4, 0.5) is 0 Å². The van der Waals surface area contributed by atoms with E-state index in [1.165, 1.54) is 10.6 Å². The Kier molecular flexibility index (Phi) is 2.33. The molecule has 0 aromatic rings. The second-order valence-electron chi connectivity index (χ2n) is 3.43. The molecule has 4 nitrogen and oxygen atoms in total. The van der Waals surface area contributed by atoms with E-state index < -0.39 is 0 Å². The van der Waals surface area contributed by atoms with Crippen LogP contribution < -0.4 is 5.32 Å². The zero-order valence-electron chi connectivity index (χ0n) is 7.80. The molecular weight excluding hydrogens is 168 g/mol. The molecule has 72 valence electrons. The van der Waals surface area contributed by atoms with Crippen LogP contribution in [0.25, 0.3) is 0 Å². The molecule has 0 aromatic carbocycles. The third-order valence-corrected chi connectivity index (χ3v) is 2.51. The van der Waals surface area contributed by atoms with Crippen LogP contribution in [0, 0.1) is 0 Å². The molecule has 1 N–H and O–H groups in total. The highest BCUT2D eigenvalue weighted by molar-refractivity contribution is 5.93. The highest BCUT2D eigenvalue weighted by Gasteiger charge is 2.24. The number of nitrogens with one attached hydrogen (secondary N) is 1. The predicted octanol–water partition coefficient (Wildman–Crippen LogP) is 0.0700. The predicted molar refractivity (Wildman–Crippen MR) is 47.9 cm³/mol. The van der Waals surface area contributed by atoms with E-state index in [0.717, 1.165) is 31.6 Å². The topological polar surface area (TPSA) is 41.6 Å². The minimum Gasteiger partial charge on any atom is -0.309 e. The van der Waals surface area contributed by atoms with Crippen LogP contribution in [-0.2, 0) is 9.63 Å². The van der Waals surface area contributed by atoms with Gasteiger partial charge >= 0.3 is 0 Å². The number of hydroxylamine groups is 2. The summed E-state index contributed by atoms with van der Waals surface area (Å²) in [4.78, 5) is 16.9. The van der Waals surface area contributed by atoms with E-state index in [1.807, 2.05) is 6.92 Å². The van der Waals surface area contributed by atoms with Gasteiger partial charge in [0.25, 0.3) is 5.91 Å². The number of carbonyl (C=O) groups is 1. The molecule has 2 rings (SSSR count). The summed E-state index contributed by atoms with van der Waals surface area (Å²) in [6.45, 7) is 4.99. The standard InChI is InChI=1S/C9H14N2O2/c1-7(8-5-10-6-8)9(12)11-3-2-4-13-11/h10H,2-6H2,1H3. The van der Waals surface area contributed by atoms with Gasteiger partial charge in [0.1, 0.15) is 0 Å². The van der Waals surface area contributed by atoms with Crippen LogP contribution >= 0.6 is 0 Å². The summed E-state index contributed by atoms with van der Waals surface area (Å²) in [6.07, 6.45) is 0.951. The Morgan fingerprint density at radius 1 is 1.54 bits per heavy atom. The van der Waals surface area contributed by atoms with Gasteiger partial charge in [-0.2, -0.15) is 0 Å². The molecule has 0 aromatic heterocycles. The SMILES string of the molecule is CC(C(=O)N1CCCO1)=C1CNC1. The molecule has 0 aliphatic carbocycles. The quantitative estimate of drug-likeness (QED) is 0.583. The fourth-order valence-electron chi connectivity index (χ4n) is 1.46. The second kappa shape index (κ2) is 3.47. The molecule has 0 spiro atoms. The zero-order valence-corrected chi connectivity index (χ0v) is 7.80. The Morgan fingerprint density at radius 2 is 2.31 bits per heavy atom. The van der Waals surface area contributed by atoms with Crippen molar-refractivity contribution in [3.05, 3.63) is 11.1 Å². The van der Waals surface area contributed by atoms with Crippen molar-refractivity contribution in [2.75, 3.05) is 26.2 Å². The largest absolute Gasteiger partial charge is 0.309 e. The van der Waals surface area contributed by atoms with E-state index in [9.17, 15) is 4.79 Å². The van der Waals surface area contributed by atoms with Gasteiger partial charge in [-0.15, -0.1) is 0 Å². The van der Waals surface area contributed by atoms with Crippen molar-refractivity contribution in [3.63, 3.8) is 0 Å². The van der Waals surface area contributed by atoms with Gasteiger partial charge in [0.15, 0.2) is 0 Å². The average molecular weight is 182 g/mol. The van der Waals surface area contributed by atoms with Crippen LogP contribution in [0.1, 0.15) is 13.3 Å². The van der Waals surface area contributed by atoms with Crippen molar-refractivity contribution in [2.24, 2.45) is 0 Å². The molecule has 0 atom stereocenters. The van der Waals surface area contributed by atoms with E-state index in [0.29, 0.717) is 6.61 Å². The summed E-state index contributed by atoms with van der Waals surface area (Å²) in [6, 6.07) is 0. The lowest BCUT2D eigenvalue weighted by molar-refractivity contribution is -0.164. The lowest BCUT2D eigenvalue weighted by Crippen LogP contribution is -2.38. The van der Waals surface area contributed by atoms with Crippen LogP contribution in [0.15, 0.2) is 11.1 Å². The van der Waals surface area contributed by atoms with Gasteiger partial charge < -0.3 is 5.32 Å². The third-order valence-electron chi connectivity index (χ3n) is 2.51. The van der Waals surface area contributed by atoms with Crippen molar-refractivity contribution >= 4 is 5.91 Å². The van der Waals surface area contributed by atoms with Crippen molar-refractivity contribution in [1.82, 2.24) is 10.4 Å². The van der Waals surface area contributed by atoms with Gasteiger partial charge in [-0.3, -0.25) is 9.63 Å². The van der Waals surface area contributed by atoms with Gasteiger partial charge in [-0.1, -0.05) is 0 Å². The number of hydrogen-bond donors (Lipinski definition) is 1. The first-order valence-electron chi connectivity index (χ1n) is 4.63. The normalized spacial score (nSPS) is 21.6. The number of amides is 1. The monoisotopic (exact) mass is 182 g/mol. The smallest absolute Gasteiger partial charge is 0.273 e. The Balaban J connectivity index is 2.03. The van der Waals surface area contributed by atoms with Crippen LogP contribution in [0.2, 0.25) is 0 Å². The maximum absolute atomic E-state index is 11.7. The van der Waals surface area contributed by atoms with Gasteiger partial charge in [0.2, 0.25) is 0 Å². The molecular formula is C9H14N2O2. The zero-order chi connectivity index (χ0) is 9.26. The Labute approximate surface area is 77.5 Å². The van der Waals surface area contributed by atoms with E-state index in [-0.39, 0.29) is 5.91 Å². The second-order valence-corrected chi connectivity index (χ2v) is 3.43. The molecule has 0 saturated carbocycles. The molecule has 13 heavy (non-hydrogen) atoms. The molecule has 0 unspecified atom stereocenters. The van der Waals surface area contributed by atoms with E-state index >= 15 is 0 Å². The lowest BCUT2D eigenvalue weighted by atomic mass is 10.0. The number of nitrogens with zero attached hydrogens (tertiary/aromatic N) is 1. The van der Waals surface area contributed by atoms with E-state index in [1.54, 1.807) is 0 Å². The van der Waals surface area contributed by atoms with Gasteiger partial charge in [-0.05, 0) is 18.9 Å². The summed E-state index contributed by atoms with van der Waals surface area (Å²) in [5, 5.41) is 4.59.